The van der Waals surface area contributed by atoms with Crippen LogP contribution >= 0.6 is 0 Å². The van der Waals surface area contributed by atoms with Crippen molar-refractivity contribution < 1.29 is 8.83 Å². The van der Waals surface area contributed by atoms with Gasteiger partial charge < -0.3 is 8.83 Å². The van der Waals surface area contributed by atoms with Crippen molar-refractivity contribution in [3.8, 4) is 0 Å². The molecule has 0 radical (unpaired) electrons. The van der Waals surface area contributed by atoms with Crippen LogP contribution in [0.5, 0.6) is 0 Å². The highest BCUT2D eigenvalue weighted by Gasteiger charge is 2.05. The predicted octanol–water partition coefficient (Wildman–Crippen LogP) is 1.49. The van der Waals surface area contributed by atoms with E-state index in [1.807, 2.05) is 6.92 Å². The Hall–Kier alpha value is -0.990. The quantitative estimate of drug-likeness (QED) is 0.628. The summed E-state index contributed by atoms with van der Waals surface area (Å²) in [5.41, 5.74) is 0. The third kappa shape index (κ3) is 1.29. The Morgan fingerprint density at radius 1 is 1.40 bits per heavy atom. The van der Waals surface area contributed by atoms with E-state index in [0.717, 1.165) is 12.8 Å². The van der Waals surface area contributed by atoms with E-state index < -0.39 is 5.82 Å². The Bertz CT molecular complexity index is 256. The van der Waals surface area contributed by atoms with Crippen LogP contribution in [0, 0.1) is 6.92 Å². The van der Waals surface area contributed by atoms with Crippen molar-refractivity contribution in [1.82, 2.24) is 0 Å². The van der Waals surface area contributed by atoms with Gasteiger partial charge in [0.05, 0.1) is 0 Å². The van der Waals surface area contributed by atoms with Gasteiger partial charge in [-0.2, -0.15) is 0 Å². The monoisotopic (exact) mass is 142 g/mol. The maximum Gasteiger partial charge on any atom is 0.519 e. The summed E-state index contributed by atoms with van der Waals surface area (Å²) in [5.74, 6) is 0.681. The van der Waals surface area contributed by atoms with E-state index in [4.69, 9.17) is 4.42 Å². The number of hydrogen-bond donors (Lipinski definition) is 0. The van der Waals surface area contributed by atoms with Crippen LogP contribution < -0.4 is 5.82 Å². The summed E-state index contributed by atoms with van der Waals surface area (Å²) in [5, 5.41) is 0. The van der Waals surface area contributed by atoms with E-state index >= 15 is 0 Å². The van der Waals surface area contributed by atoms with Gasteiger partial charge in [0, 0.05) is 6.42 Å². The molecule has 1 aromatic rings. The van der Waals surface area contributed by atoms with E-state index in [0.29, 0.717) is 11.5 Å². The minimum atomic E-state index is -0.596. The molecule has 1 rings (SSSR count). The second kappa shape index (κ2) is 2.73. The Balaban J connectivity index is 2.92. The number of hydrogen-bond acceptors (Lipinski definition) is 3. The smallest absolute Gasteiger partial charge is 0.396 e. The molecule has 56 valence electrons. The summed E-state index contributed by atoms with van der Waals surface area (Å²) >= 11 is 0. The summed E-state index contributed by atoms with van der Waals surface area (Å²) in [6.45, 7) is 3.75. The van der Waals surface area contributed by atoms with Crippen LogP contribution in [-0.2, 0) is 6.42 Å². The number of rotatable bonds is 2. The fraction of sp³-hybridized carbons (Fsp3) is 0.571. The highest BCUT2D eigenvalue weighted by Crippen LogP contribution is 2.06. The minimum absolute atomic E-state index is 0.596. The Morgan fingerprint density at radius 2 is 2.10 bits per heavy atom. The van der Waals surface area contributed by atoms with Crippen molar-refractivity contribution in [2.24, 2.45) is 0 Å². The molecule has 0 bridgehead atoms. The molecule has 0 aliphatic carbocycles. The van der Waals surface area contributed by atoms with E-state index in [-0.39, 0.29) is 0 Å². The van der Waals surface area contributed by atoms with Crippen molar-refractivity contribution in [2.45, 2.75) is 26.7 Å². The molecule has 1 heterocycles. The molecule has 0 aromatic carbocycles. The zero-order valence-electron chi connectivity index (χ0n) is 6.14. The normalized spacial score (nSPS) is 10.2. The Labute approximate surface area is 58.7 Å². The first kappa shape index (κ1) is 7.12. The minimum Gasteiger partial charge on any atom is -0.396 e. The largest absolute Gasteiger partial charge is 0.519 e. The van der Waals surface area contributed by atoms with Crippen molar-refractivity contribution in [2.75, 3.05) is 0 Å². The van der Waals surface area contributed by atoms with Crippen LogP contribution in [0.15, 0.2) is 13.6 Å². The van der Waals surface area contributed by atoms with Crippen molar-refractivity contribution in [1.29, 1.82) is 0 Å². The molecule has 10 heavy (non-hydrogen) atoms. The van der Waals surface area contributed by atoms with Crippen molar-refractivity contribution >= 4 is 0 Å². The molecule has 0 aliphatic heterocycles. The van der Waals surface area contributed by atoms with E-state index in [9.17, 15) is 4.79 Å². The molecule has 0 unspecified atom stereocenters. The molecule has 0 spiro atoms. The highest BCUT2D eigenvalue weighted by molar-refractivity contribution is 4.99. The van der Waals surface area contributed by atoms with Gasteiger partial charge in [-0.1, -0.05) is 6.92 Å². The lowest BCUT2D eigenvalue weighted by molar-refractivity contribution is 0.368. The molecule has 0 aliphatic rings. The van der Waals surface area contributed by atoms with E-state index in [2.05, 4.69) is 4.42 Å². The van der Waals surface area contributed by atoms with E-state index in [1.165, 1.54) is 0 Å². The van der Waals surface area contributed by atoms with Gasteiger partial charge in [0.2, 0.25) is 0 Å². The standard InChI is InChI=1S/C7H10O3/c1-3-4-6-5(2)9-7(8)10-6/h3-4H2,1-2H3. The molecular weight excluding hydrogens is 132 g/mol. The second-order valence-corrected chi connectivity index (χ2v) is 2.18. The molecule has 0 atom stereocenters. The van der Waals surface area contributed by atoms with Gasteiger partial charge in [0.1, 0.15) is 11.5 Å². The van der Waals surface area contributed by atoms with Gasteiger partial charge in [-0.25, -0.2) is 4.79 Å². The zero-order chi connectivity index (χ0) is 7.56. The third-order valence-electron chi connectivity index (χ3n) is 1.31. The molecule has 0 N–H and O–H groups in total. The first-order valence-corrected chi connectivity index (χ1v) is 3.33. The molecule has 0 fully saturated rings. The third-order valence-corrected chi connectivity index (χ3v) is 1.31. The molecule has 0 amide bonds. The fourth-order valence-corrected chi connectivity index (χ4v) is 0.829. The summed E-state index contributed by atoms with van der Waals surface area (Å²) in [7, 11) is 0. The fourth-order valence-electron chi connectivity index (χ4n) is 0.829. The number of aryl methyl sites for hydroxylation is 2. The topological polar surface area (TPSA) is 43.4 Å². The Morgan fingerprint density at radius 3 is 2.50 bits per heavy atom. The van der Waals surface area contributed by atoms with Gasteiger partial charge in [0.15, 0.2) is 0 Å². The van der Waals surface area contributed by atoms with Gasteiger partial charge in [-0.3, -0.25) is 0 Å². The summed E-state index contributed by atoms with van der Waals surface area (Å²) in [6.07, 6.45) is 1.74. The summed E-state index contributed by atoms with van der Waals surface area (Å²) < 4.78 is 9.38. The lowest BCUT2D eigenvalue weighted by atomic mass is 10.2. The predicted molar refractivity (Wildman–Crippen MR) is 36.0 cm³/mol. The molecule has 1 aromatic heterocycles. The van der Waals surface area contributed by atoms with Crippen LogP contribution in [0.4, 0.5) is 0 Å². The lowest BCUT2D eigenvalue weighted by Crippen LogP contribution is -1.86. The van der Waals surface area contributed by atoms with Gasteiger partial charge >= 0.3 is 5.82 Å². The molecule has 3 nitrogen and oxygen atoms in total. The Kier molecular flexibility index (Phi) is 1.94. The van der Waals surface area contributed by atoms with Gasteiger partial charge in [-0.15, -0.1) is 0 Å². The first-order valence-electron chi connectivity index (χ1n) is 3.33. The van der Waals surface area contributed by atoms with E-state index in [1.54, 1.807) is 6.92 Å². The first-order chi connectivity index (χ1) is 4.74. The van der Waals surface area contributed by atoms with Crippen LogP contribution in [0.25, 0.3) is 0 Å². The van der Waals surface area contributed by atoms with Crippen LogP contribution in [0.2, 0.25) is 0 Å². The second-order valence-electron chi connectivity index (χ2n) is 2.18. The van der Waals surface area contributed by atoms with Crippen LogP contribution in [-0.4, -0.2) is 0 Å². The maximum atomic E-state index is 10.5. The molecular formula is C7H10O3. The average Bonchev–Trinajstić information content (AvgIpc) is 2.13. The van der Waals surface area contributed by atoms with Crippen LogP contribution in [0.1, 0.15) is 24.9 Å². The van der Waals surface area contributed by atoms with Gasteiger partial charge in [-0.05, 0) is 13.3 Å². The lowest BCUT2D eigenvalue weighted by Gasteiger charge is -1.87. The SMILES string of the molecule is CCCc1oc(=O)oc1C. The van der Waals surface area contributed by atoms with Gasteiger partial charge in [0.25, 0.3) is 0 Å². The molecule has 3 heteroatoms. The van der Waals surface area contributed by atoms with Crippen molar-refractivity contribution in [3.63, 3.8) is 0 Å². The maximum absolute atomic E-state index is 10.5. The summed E-state index contributed by atoms with van der Waals surface area (Å²) in [6, 6.07) is 0. The molecule has 0 saturated heterocycles. The summed E-state index contributed by atoms with van der Waals surface area (Å²) in [4.78, 5) is 10.5. The molecule has 0 saturated carbocycles. The van der Waals surface area contributed by atoms with Crippen molar-refractivity contribution in [3.05, 3.63) is 22.1 Å². The highest BCUT2D eigenvalue weighted by atomic mass is 16.6. The van der Waals surface area contributed by atoms with Crippen LogP contribution in [0.3, 0.4) is 0 Å². The average molecular weight is 142 g/mol. The zero-order valence-corrected chi connectivity index (χ0v) is 6.14.